The first kappa shape index (κ1) is 17.0. The van der Waals surface area contributed by atoms with Gasteiger partial charge in [0.25, 0.3) is 0 Å². The van der Waals surface area contributed by atoms with Gasteiger partial charge < -0.3 is 14.4 Å². The number of hydrogen-bond donors (Lipinski definition) is 0. The van der Waals surface area contributed by atoms with Crippen molar-refractivity contribution in [1.82, 2.24) is 4.90 Å². The third-order valence-corrected chi connectivity index (χ3v) is 6.20. The van der Waals surface area contributed by atoms with Gasteiger partial charge >= 0.3 is 0 Å². The zero-order valence-corrected chi connectivity index (χ0v) is 15.2. The number of piperidine rings is 1. The number of nitrogens with zero attached hydrogens (tertiary/aromatic N) is 1. The average Bonchev–Trinajstić information content (AvgIpc) is 3.19. The van der Waals surface area contributed by atoms with E-state index < -0.39 is 0 Å². The summed E-state index contributed by atoms with van der Waals surface area (Å²) in [4.78, 5) is 14.8. The Labute approximate surface area is 150 Å². The molecule has 4 heteroatoms. The maximum atomic E-state index is 12.7. The lowest BCUT2D eigenvalue weighted by Crippen LogP contribution is -2.47. The zero-order valence-electron chi connectivity index (χ0n) is 15.2. The quantitative estimate of drug-likeness (QED) is 0.844. The first-order chi connectivity index (χ1) is 12.2. The number of likely N-dealkylation sites (tertiary alicyclic amines) is 1. The highest BCUT2D eigenvalue weighted by atomic mass is 16.6. The van der Waals surface area contributed by atoms with Crippen LogP contribution in [0, 0.1) is 5.92 Å². The van der Waals surface area contributed by atoms with Gasteiger partial charge in [-0.2, -0.15) is 0 Å². The minimum absolute atomic E-state index is 0.0415. The van der Waals surface area contributed by atoms with E-state index in [0.717, 1.165) is 51.8 Å². The molecule has 1 aromatic rings. The summed E-state index contributed by atoms with van der Waals surface area (Å²) in [7, 11) is 0. The van der Waals surface area contributed by atoms with Crippen LogP contribution in [0.2, 0.25) is 0 Å². The van der Waals surface area contributed by atoms with E-state index in [0.29, 0.717) is 24.9 Å². The van der Waals surface area contributed by atoms with Crippen LogP contribution in [0.25, 0.3) is 0 Å². The van der Waals surface area contributed by atoms with Crippen LogP contribution in [0.15, 0.2) is 24.3 Å². The number of fused-ring (bicyclic) bond motifs is 1. The topological polar surface area (TPSA) is 38.8 Å². The molecule has 1 amide bonds. The molecule has 0 radical (unpaired) electrons. The van der Waals surface area contributed by atoms with Crippen LogP contribution in [0.5, 0.6) is 0 Å². The van der Waals surface area contributed by atoms with Crippen LogP contribution in [0.1, 0.15) is 43.7 Å². The average molecular weight is 343 g/mol. The van der Waals surface area contributed by atoms with Gasteiger partial charge in [0, 0.05) is 32.5 Å². The van der Waals surface area contributed by atoms with E-state index in [1.54, 1.807) is 0 Å². The highest BCUT2D eigenvalue weighted by molar-refractivity contribution is 5.76. The molecule has 1 aliphatic carbocycles. The van der Waals surface area contributed by atoms with Crippen molar-refractivity contribution >= 4 is 5.91 Å². The molecule has 2 aliphatic heterocycles. The van der Waals surface area contributed by atoms with Crippen molar-refractivity contribution in [3.05, 3.63) is 35.4 Å². The van der Waals surface area contributed by atoms with Crippen LogP contribution in [0.4, 0.5) is 0 Å². The minimum Gasteiger partial charge on any atom is -0.376 e. The van der Waals surface area contributed by atoms with Crippen LogP contribution >= 0.6 is 0 Å². The predicted molar refractivity (Wildman–Crippen MR) is 96.5 cm³/mol. The van der Waals surface area contributed by atoms with Crippen LogP contribution in [-0.2, 0) is 27.1 Å². The lowest BCUT2D eigenvalue weighted by Gasteiger charge is -2.39. The van der Waals surface area contributed by atoms with Crippen molar-refractivity contribution in [3.63, 3.8) is 0 Å². The SMILES string of the molecule is CCO[C@H]1COC2(CCN(C(=O)CC3Cc4ccccc4C3)CC2)C1. The predicted octanol–water partition coefficient (Wildman–Crippen LogP) is 2.98. The molecule has 2 heterocycles. The van der Waals surface area contributed by atoms with Crippen molar-refractivity contribution in [2.24, 2.45) is 5.92 Å². The Morgan fingerprint density at radius 2 is 1.92 bits per heavy atom. The van der Waals surface area contributed by atoms with E-state index in [4.69, 9.17) is 9.47 Å². The Morgan fingerprint density at radius 1 is 1.24 bits per heavy atom. The summed E-state index contributed by atoms with van der Waals surface area (Å²) in [6.45, 7) is 5.16. The van der Waals surface area contributed by atoms with Gasteiger partial charge in [0.15, 0.2) is 0 Å². The molecule has 4 rings (SSSR count). The number of benzene rings is 1. The van der Waals surface area contributed by atoms with Gasteiger partial charge in [0.05, 0.1) is 18.3 Å². The van der Waals surface area contributed by atoms with E-state index in [2.05, 4.69) is 29.2 Å². The second kappa shape index (κ2) is 7.08. The number of ether oxygens (including phenoxy) is 2. The third-order valence-electron chi connectivity index (χ3n) is 6.20. The van der Waals surface area contributed by atoms with E-state index in [-0.39, 0.29) is 11.7 Å². The highest BCUT2D eigenvalue weighted by Gasteiger charge is 2.43. The van der Waals surface area contributed by atoms with E-state index >= 15 is 0 Å². The second-order valence-corrected chi connectivity index (χ2v) is 7.90. The zero-order chi connectivity index (χ0) is 17.3. The molecule has 0 N–H and O–H groups in total. The highest BCUT2D eigenvalue weighted by Crippen LogP contribution is 2.37. The molecule has 3 aliphatic rings. The normalized spacial score (nSPS) is 25.5. The van der Waals surface area contributed by atoms with Crippen LogP contribution < -0.4 is 0 Å². The fourth-order valence-electron chi connectivity index (χ4n) is 4.83. The van der Waals surface area contributed by atoms with E-state index in [1.807, 2.05) is 6.92 Å². The summed E-state index contributed by atoms with van der Waals surface area (Å²) < 4.78 is 11.8. The van der Waals surface area contributed by atoms with Crippen molar-refractivity contribution < 1.29 is 14.3 Å². The summed E-state index contributed by atoms with van der Waals surface area (Å²) in [6.07, 6.45) is 5.92. The fourth-order valence-corrected chi connectivity index (χ4v) is 4.83. The molecular weight excluding hydrogens is 314 g/mol. The van der Waals surface area contributed by atoms with Gasteiger partial charge in [-0.25, -0.2) is 0 Å². The van der Waals surface area contributed by atoms with Gasteiger partial charge in [0.2, 0.25) is 5.91 Å². The van der Waals surface area contributed by atoms with Gasteiger partial charge in [0.1, 0.15) is 0 Å². The molecule has 0 unspecified atom stereocenters. The van der Waals surface area contributed by atoms with Crippen LogP contribution in [0.3, 0.4) is 0 Å². The Hall–Kier alpha value is -1.39. The molecule has 1 spiro atoms. The molecule has 0 aromatic heterocycles. The lowest BCUT2D eigenvalue weighted by atomic mass is 9.87. The van der Waals surface area contributed by atoms with Crippen molar-refractivity contribution in [1.29, 1.82) is 0 Å². The van der Waals surface area contributed by atoms with Crippen molar-refractivity contribution in [3.8, 4) is 0 Å². The molecule has 0 saturated carbocycles. The molecule has 2 fully saturated rings. The summed E-state index contributed by atoms with van der Waals surface area (Å²) in [5.41, 5.74) is 2.82. The summed E-state index contributed by atoms with van der Waals surface area (Å²) >= 11 is 0. The van der Waals surface area contributed by atoms with Gasteiger partial charge in [-0.05, 0) is 49.7 Å². The molecule has 1 atom stereocenters. The van der Waals surface area contributed by atoms with Gasteiger partial charge in [-0.15, -0.1) is 0 Å². The molecule has 1 aromatic carbocycles. The lowest BCUT2D eigenvalue weighted by molar-refractivity contribution is -0.136. The largest absolute Gasteiger partial charge is 0.376 e. The molecular formula is C21H29NO3. The maximum absolute atomic E-state index is 12.7. The van der Waals surface area contributed by atoms with Crippen molar-refractivity contribution in [2.75, 3.05) is 26.3 Å². The standard InChI is InChI=1S/C21H29NO3/c1-2-24-19-14-21(25-15-19)7-9-22(10-8-21)20(23)13-16-11-17-5-3-4-6-18(17)12-16/h3-6,16,19H,2,7-15H2,1H3/t19-/m1/s1. The summed E-state index contributed by atoms with van der Waals surface area (Å²) in [5.74, 6) is 0.804. The van der Waals surface area contributed by atoms with Crippen molar-refractivity contribution in [2.45, 2.75) is 57.2 Å². The van der Waals surface area contributed by atoms with Gasteiger partial charge in [-0.3, -0.25) is 4.79 Å². The van der Waals surface area contributed by atoms with Crippen LogP contribution in [-0.4, -0.2) is 48.8 Å². The van der Waals surface area contributed by atoms with E-state index in [1.165, 1.54) is 11.1 Å². The Morgan fingerprint density at radius 3 is 2.56 bits per heavy atom. The second-order valence-electron chi connectivity index (χ2n) is 7.90. The first-order valence-corrected chi connectivity index (χ1v) is 9.77. The summed E-state index contributed by atoms with van der Waals surface area (Å²) in [5, 5.41) is 0. The number of rotatable bonds is 4. The fraction of sp³-hybridized carbons (Fsp3) is 0.667. The third kappa shape index (κ3) is 3.61. The number of amides is 1. The Kier molecular flexibility index (Phi) is 4.83. The molecule has 2 saturated heterocycles. The molecule has 0 bridgehead atoms. The number of carbonyl (C=O) groups excluding carboxylic acids is 1. The Bertz CT molecular complexity index is 596. The minimum atomic E-state index is -0.0415. The molecule has 25 heavy (non-hydrogen) atoms. The Balaban J connectivity index is 1.27. The smallest absolute Gasteiger partial charge is 0.222 e. The maximum Gasteiger partial charge on any atom is 0.222 e. The number of carbonyl (C=O) groups is 1. The number of hydrogen-bond acceptors (Lipinski definition) is 3. The summed E-state index contributed by atoms with van der Waals surface area (Å²) in [6, 6.07) is 8.61. The van der Waals surface area contributed by atoms with E-state index in [9.17, 15) is 4.79 Å². The monoisotopic (exact) mass is 343 g/mol. The molecule has 136 valence electrons. The first-order valence-electron chi connectivity index (χ1n) is 9.77. The molecule has 4 nitrogen and oxygen atoms in total. The van der Waals surface area contributed by atoms with Gasteiger partial charge in [-0.1, -0.05) is 24.3 Å².